The van der Waals surface area contributed by atoms with Crippen LogP contribution in [-0.2, 0) is 28.8 Å². The Labute approximate surface area is 161 Å². The number of aliphatic hydroxyl groups excluding tert-OH is 3. The van der Waals surface area contributed by atoms with Gasteiger partial charge in [0.1, 0.15) is 36.6 Å². The molecule has 0 heterocycles. The number of hydrogen-bond donors (Lipinski definition) is 6. The molecule has 0 amide bonds. The maximum atomic E-state index is 9.87. The molecule has 12 nitrogen and oxygen atoms in total. The van der Waals surface area contributed by atoms with Crippen molar-refractivity contribution in [1.29, 1.82) is 0 Å². The Kier molecular flexibility index (Phi) is 26.3. The summed E-state index contributed by atoms with van der Waals surface area (Å²) in [5.74, 6) is -4.12. The van der Waals surface area contributed by atoms with Crippen molar-refractivity contribution in [2.45, 2.75) is 52.6 Å². The number of rotatable bonds is 9. The summed E-state index contributed by atoms with van der Waals surface area (Å²) >= 11 is 0. The van der Waals surface area contributed by atoms with Crippen LogP contribution in [0.15, 0.2) is 0 Å². The number of carbonyl (C=O) groups is 6. The quantitative estimate of drug-likeness (QED) is 0.247. The van der Waals surface area contributed by atoms with E-state index in [-0.39, 0.29) is 56.2 Å². The first-order valence-electron chi connectivity index (χ1n) is 7.72. The topological polar surface area (TPSA) is 224 Å². The molecule has 0 aromatic heterocycles. The number of aliphatic carboxylic acids is 3. The Bertz CT molecular complexity index is 400. The van der Waals surface area contributed by atoms with Crippen molar-refractivity contribution in [3.05, 3.63) is 0 Å². The van der Waals surface area contributed by atoms with Crippen molar-refractivity contribution < 1.29 is 59.4 Å². The molecule has 28 heavy (non-hydrogen) atoms. The maximum Gasteiger partial charge on any atom is 0.310 e. The molecular weight excluding hydrogens is 384 g/mol. The minimum Gasteiger partial charge on any atom is -0.481 e. The van der Waals surface area contributed by atoms with E-state index >= 15 is 0 Å². The molecule has 0 aliphatic rings. The third kappa shape index (κ3) is 56.7. The van der Waals surface area contributed by atoms with Gasteiger partial charge in [-0.1, -0.05) is 0 Å². The Morgan fingerprint density at radius 3 is 0.929 bits per heavy atom. The van der Waals surface area contributed by atoms with Gasteiger partial charge >= 0.3 is 17.9 Å². The normalized spacial score (nSPS) is 9.64. The average molecular weight is 412 g/mol. The summed E-state index contributed by atoms with van der Waals surface area (Å²) in [4.78, 5) is 58.4. The van der Waals surface area contributed by atoms with Crippen LogP contribution in [0.1, 0.15) is 46.5 Å². The van der Waals surface area contributed by atoms with Crippen molar-refractivity contribution in [1.82, 2.24) is 0 Å². The number of aliphatic hydroxyl groups is 3. The second-order valence-corrected chi connectivity index (χ2v) is 5.17. The highest BCUT2D eigenvalue weighted by molar-refractivity contribution is 5.93. The van der Waals surface area contributed by atoms with Crippen LogP contribution in [0.3, 0.4) is 0 Å². The molecule has 0 saturated carbocycles. The average Bonchev–Trinajstić information content (AvgIpc) is 2.44. The first kappa shape index (κ1) is 32.9. The molecule has 0 radical (unpaired) electrons. The summed E-state index contributed by atoms with van der Waals surface area (Å²) in [6.07, 6.45) is -1.57. The Morgan fingerprint density at radius 2 is 0.893 bits per heavy atom. The SMILES string of the molecule is CC(=O)CC(=O)O.CC(=O)CC(=O)O.CC(=O)CC(=O)O.OCCC(O)CO. The third-order valence-electron chi connectivity index (χ3n) is 1.87. The van der Waals surface area contributed by atoms with Crippen LogP contribution in [0.2, 0.25) is 0 Å². The number of Topliss-reactive ketones (excluding diaryl/α,β-unsaturated/α-hetero) is 3. The van der Waals surface area contributed by atoms with Crippen LogP contribution in [0.5, 0.6) is 0 Å². The summed E-state index contributed by atoms with van der Waals surface area (Å²) < 4.78 is 0. The molecule has 1 unspecified atom stereocenters. The smallest absolute Gasteiger partial charge is 0.310 e. The van der Waals surface area contributed by atoms with Crippen LogP contribution in [0, 0.1) is 0 Å². The first-order chi connectivity index (χ1) is 12.7. The molecule has 12 heteroatoms. The number of carboxylic acid groups (broad SMARTS) is 3. The molecule has 0 fully saturated rings. The summed E-state index contributed by atoms with van der Waals surface area (Å²) in [5, 5.41) is 48.2. The lowest BCUT2D eigenvalue weighted by Gasteiger charge is -2.00. The molecule has 0 rings (SSSR count). The van der Waals surface area contributed by atoms with Gasteiger partial charge < -0.3 is 30.6 Å². The lowest BCUT2D eigenvalue weighted by molar-refractivity contribution is -0.141. The maximum absolute atomic E-state index is 9.87. The molecule has 0 aromatic rings. The Morgan fingerprint density at radius 1 is 0.643 bits per heavy atom. The van der Waals surface area contributed by atoms with Crippen molar-refractivity contribution in [2.75, 3.05) is 13.2 Å². The minimum absolute atomic E-state index is 0.0677. The van der Waals surface area contributed by atoms with Crippen LogP contribution in [0.25, 0.3) is 0 Å². The fraction of sp³-hybridized carbons (Fsp3) is 0.625. The zero-order valence-corrected chi connectivity index (χ0v) is 16.0. The first-order valence-corrected chi connectivity index (χ1v) is 7.72. The highest BCUT2D eigenvalue weighted by atomic mass is 16.4. The van der Waals surface area contributed by atoms with Gasteiger partial charge in [-0.25, -0.2) is 0 Å². The predicted molar refractivity (Wildman–Crippen MR) is 93.6 cm³/mol. The monoisotopic (exact) mass is 412 g/mol. The lowest BCUT2D eigenvalue weighted by Crippen LogP contribution is -2.12. The van der Waals surface area contributed by atoms with Gasteiger partial charge in [-0.2, -0.15) is 0 Å². The van der Waals surface area contributed by atoms with Gasteiger partial charge in [0, 0.05) is 6.61 Å². The van der Waals surface area contributed by atoms with E-state index < -0.39 is 24.0 Å². The van der Waals surface area contributed by atoms with E-state index in [9.17, 15) is 28.8 Å². The van der Waals surface area contributed by atoms with Crippen LogP contribution < -0.4 is 0 Å². The standard InChI is InChI=1S/3C4H6O3.C4H10O3/c3*1-3(5)2-4(6)7;5-2-1-4(7)3-6/h3*2H2,1H3,(H,6,7);4-7H,1-3H2. The summed E-state index contributed by atoms with van der Waals surface area (Å²) in [5.41, 5.74) is 0. The van der Waals surface area contributed by atoms with Crippen molar-refractivity contribution in [3.63, 3.8) is 0 Å². The van der Waals surface area contributed by atoms with E-state index in [1.807, 2.05) is 0 Å². The fourth-order valence-corrected chi connectivity index (χ4v) is 0.879. The zero-order valence-electron chi connectivity index (χ0n) is 16.0. The molecule has 0 aliphatic carbocycles. The van der Waals surface area contributed by atoms with E-state index in [1.54, 1.807) is 0 Å². The molecule has 0 bridgehead atoms. The van der Waals surface area contributed by atoms with E-state index in [0.717, 1.165) is 0 Å². The van der Waals surface area contributed by atoms with Gasteiger partial charge in [0.2, 0.25) is 0 Å². The van der Waals surface area contributed by atoms with Crippen molar-refractivity contribution in [2.24, 2.45) is 0 Å². The van der Waals surface area contributed by atoms with Crippen molar-refractivity contribution in [3.8, 4) is 0 Å². The highest BCUT2D eigenvalue weighted by Gasteiger charge is 1.99. The van der Waals surface area contributed by atoms with E-state index in [2.05, 4.69) is 0 Å². The van der Waals surface area contributed by atoms with Crippen molar-refractivity contribution >= 4 is 35.3 Å². The molecule has 164 valence electrons. The van der Waals surface area contributed by atoms with E-state index in [0.29, 0.717) is 0 Å². The molecule has 6 N–H and O–H groups in total. The van der Waals surface area contributed by atoms with Gasteiger partial charge in [-0.15, -0.1) is 0 Å². The zero-order chi connectivity index (χ0) is 23.3. The molecule has 0 aromatic carbocycles. The van der Waals surface area contributed by atoms with Gasteiger partial charge in [-0.3, -0.25) is 28.8 Å². The van der Waals surface area contributed by atoms with Gasteiger partial charge in [-0.05, 0) is 27.2 Å². The number of hydrogen-bond acceptors (Lipinski definition) is 9. The lowest BCUT2D eigenvalue weighted by atomic mass is 10.3. The molecule has 1 atom stereocenters. The predicted octanol–water partition coefficient (Wildman–Crippen LogP) is -1.13. The minimum atomic E-state index is -1.06. The summed E-state index contributed by atoms with van der Waals surface area (Å²) in [6, 6.07) is 0. The molecule has 0 spiro atoms. The number of ketones is 3. The largest absolute Gasteiger partial charge is 0.481 e. The highest BCUT2D eigenvalue weighted by Crippen LogP contribution is 1.85. The molecule has 0 saturated heterocycles. The van der Waals surface area contributed by atoms with Crippen LogP contribution in [0.4, 0.5) is 0 Å². The Balaban J connectivity index is -0.000000137. The second-order valence-electron chi connectivity index (χ2n) is 5.17. The third-order valence-corrected chi connectivity index (χ3v) is 1.87. The number of carbonyl (C=O) groups excluding carboxylic acids is 3. The second kappa shape index (κ2) is 22.3. The molecule has 0 aliphatic heterocycles. The fourth-order valence-electron chi connectivity index (χ4n) is 0.879. The van der Waals surface area contributed by atoms with Gasteiger partial charge in [0.25, 0.3) is 0 Å². The summed E-state index contributed by atoms with van der Waals surface area (Å²) in [7, 11) is 0. The van der Waals surface area contributed by atoms with E-state index in [4.69, 9.17) is 30.6 Å². The number of carboxylic acids is 3. The van der Waals surface area contributed by atoms with Crippen LogP contribution in [-0.4, -0.2) is 85.2 Å². The summed E-state index contributed by atoms with van der Waals surface area (Å²) in [6.45, 7) is 3.40. The van der Waals surface area contributed by atoms with Gasteiger partial charge in [0.05, 0.1) is 12.7 Å². The molecular formula is C16H28O12. The van der Waals surface area contributed by atoms with Crippen LogP contribution >= 0.6 is 0 Å². The van der Waals surface area contributed by atoms with Gasteiger partial charge in [0.15, 0.2) is 0 Å². The van der Waals surface area contributed by atoms with E-state index in [1.165, 1.54) is 20.8 Å². The Hall–Kier alpha value is -2.70.